The van der Waals surface area contributed by atoms with Gasteiger partial charge in [-0.25, -0.2) is 9.40 Å². The molecule has 1 fully saturated rings. The topological polar surface area (TPSA) is 111 Å². The van der Waals surface area contributed by atoms with E-state index in [2.05, 4.69) is 5.43 Å². The molecule has 1 saturated heterocycles. The van der Waals surface area contributed by atoms with Gasteiger partial charge in [-0.2, -0.15) is 13.2 Å². The van der Waals surface area contributed by atoms with Gasteiger partial charge in [-0.1, -0.05) is 6.07 Å². The third-order valence-electron chi connectivity index (χ3n) is 5.17. The van der Waals surface area contributed by atoms with E-state index in [1.54, 1.807) is 0 Å². The van der Waals surface area contributed by atoms with E-state index < -0.39 is 45.7 Å². The molecule has 0 spiro atoms. The van der Waals surface area contributed by atoms with E-state index in [-0.39, 0.29) is 28.3 Å². The lowest BCUT2D eigenvalue weighted by molar-refractivity contribution is -0.385. The second kappa shape index (κ2) is 9.60. The SMILES string of the molecule is COc1cc(C=C2C(=O)NN(c3ccc(F)cc3)C2=O)ccc1Oc1ccc([N+](=O)[O-])cc1C(F)(F)F. The maximum Gasteiger partial charge on any atom is 0.420 e. The lowest BCUT2D eigenvalue weighted by Crippen LogP contribution is -2.35. The maximum atomic E-state index is 13.5. The Hall–Kier alpha value is -4.94. The second-order valence-electron chi connectivity index (χ2n) is 7.56. The molecule has 37 heavy (non-hydrogen) atoms. The quantitative estimate of drug-likeness (QED) is 0.162. The average Bonchev–Trinajstić information content (AvgIpc) is 3.13. The number of halogens is 4. The van der Waals surface area contributed by atoms with Crippen LogP contribution < -0.4 is 19.9 Å². The minimum Gasteiger partial charge on any atom is -0.493 e. The minimum atomic E-state index is -4.94. The highest BCUT2D eigenvalue weighted by molar-refractivity contribution is 6.31. The molecule has 190 valence electrons. The number of hydrogen-bond acceptors (Lipinski definition) is 6. The van der Waals surface area contributed by atoms with Gasteiger partial charge < -0.3 is 9.47 Å². The lowest BCUT2D eigenvalue weighted by Gasteiger charge is -2.15. The Morgan fingerprint density at radius 3 is 2.27 bits per heavy atom. The van der Waals surface area contributed by atoms with Crippen LogP contribution in [0.2, 0.25) is 0 Å². The monoisotopic (exact) mass is 517 g/mol. The van der Waals surface area contributed by atoms with Crippen LogP contribution in [0.1, 0.15) is 11.1 Å². The van der Waals surface area contributed by atoms with E-state index in [0.717, 1.165) is 29.3 Å². The van der Waals surface area contributed by atoms with Gasteiger partial charge in [0.05, 0.1) is 17.7 Å². The average molecular weight is 517 g/mol. The number of ether oxygens (including phenoxy) is 2. The van der Waals surface area contributed by atoms with Crippen LogP contribution in [0.5, 0.6) is 17.2 Å². The number of nitrogens with zero attached hydrogens (tertiary/aromatic N) is 2. The zero-order valence-electron chi connectivity index (χ0n) is 18.7. The van der Waals surface area contributed by atoms with Crippen molar-refractivity contribution in [2.24, 2.45) is 0 Å². The van der Waals surface area contributed by atoms with E-state index in [4.69, 9.17) is 9.47 Å². The summed E-state index contributed by atoms with van der Waals surface area (Å²) in [5, 5.41) is 11.8. The molecular weight excluding hydrogens is 502 g/mol. The smallest absolute Gasteiger partial charge is 0.420 e. The first-order valence-corrected chi connectivity index (χ1v) is 10.3. The summed E-state index contributed by atoms with van der Waals surface area (Å²) in [4.78, 5) is 35.1. The number of benzene rings is 3. The molecule has 3 aromatic rings. The second-order valence-corrected chi connectivity index (χ2v) is 7.56. The zero-order valence-corrected chi connectivity index (χ0v) is 18.7. The molecule has 1 aliphatic heterocycles. The first kappa shape index (κ1) is 25.2. The molecule has 0 bridgehead atoms. The molecule has 4 rings (SSSR count). The van der Waals surface area contributed by atoms with Gasteiger partial charge in [0, 0.05) is 12.1 Å². The molecule has 9 nitrogen and oxygen atoms in total. The number of alkyl halides is 3. The van der Waals surface area contributed by atoms with Crippen LogP contribution in [0.3, 0.4) is 0 Å². The normalized spacial score (nSPS) is 14.6. The number of rotatable bonds is 6. The van der Waals surface area contributed by atoms with Crippen LogP contribution in [0.15, 0.2) is 66.2 Å². The highest BCUT2D eigenvalue weighted by atomic mass is 19.4. The van der Waals surface area contributed by atoms with Crippen LogP contribution in [-0.4, -0.2) is 23.8 Å². The number of methoxy groups -OCH3 is 1. The van der Waals surface area contributed by atoms with Crippen molar-refractivity contribution in [3.63, 3.8) is 0 Å². The summed E-state index contributed by atoms with van der Waals surface area (Å²) >= 11 is 0. The number of nitrogens with one attached hydrogen (secondary N) is 1. The fourth-order valence-corrected chi connectivity index (χ4v) is 3.41. The van der Waals surface area contributed by atoms with Gasteiger partial charge in [0.25, 0.3) is 17.5 Å². The number of amides is 2. The standard InChI is InChI=1S/C24H15F4N3O6/c1-36-21-11-13(10-17-22(32)29-30(23(17)33)15-5-3-14(25)4-6-15)2-8-20(21)37-19-9-7-16(31(34)35)12-18(19)24(26,27)28/h2-12H,1H3,(H,29,32). The van der Waals surface area contributed by atoms with E-state index in [0.29, 0.717) is 6.07 Å². The molecule has 0 aliphatic carbocycles. The molecular formula is C24H15F4N3O6. The number of carbonyl (C=O) groups excluding carboxylic acids is 2. The Morgan fingerprint density at radius 1 is 0.973 bits per heavy atom. The predicted octanol–water partition coefficient (Wildman–Crippen LogP) is 5.02. The van der Waals surface area contributed by atoms with E-state index in [9.17, 15) is 37.3 Å². The fraction of sp³-hybridized carbons (Fsp3) is 0.0833. The molecule has 2 amide bonds. The van der Waals surface area contributed by atoms with Gasteiger partial charge in [0.15, 0.2) is 11.5 Å². The summed E-state index contributed by atoms with van der Waals surface area (Å²) < 4.78 is 64.2. The van der Waals surface area contributed by atoms with Gasteiger partial charge in [0.1, 0.15) is 22.7 Å². The van der Waals surface area contributed by atoms with Crippen LogP contribution in [0, 0.1) is 15.9 Å². The molecule has 0 saturated carbocycles. The Balaban J connectivity index is 1.63. The van der Waals surface area contributed by atoms with Crippen LogP contribution >= 0.6 is 0 Å². The van der Waals surface area contributed by atoms with Crippen molar-refractivity contribution in [1.29, 1.82) is 0 Å². The molecule has 0 aromatic heterocycles. The molecule has 0 unspecified atom stereocenters. The van der Waals surface area contributed by atoms with Gasteiger partial charge >= 0.3 is 6.18 Å². The lowest BCUT2D eigenvalue weighted by atomic mass is 10.1. The third kappa shape index (κ3) is 5.19. The summed E-state index contributed by atoms with van der Waals surface area (Å²) in [5.74, 6) is -2.85. The molecule has 1 heterocycles. The molecule has 0 atom stereocenters. The summed E-state index contributed by atoms with van der Waals surface area (Å²) in [7, 11) is 1.23. The van der Waals surface area contributed by atoms with Crippen molar-refractivity contribution in [2.75, 3.05) is 12.1 Å². The Bertz CT molecular complexity index is 1440. The Labute approximate surface area is 205 Å². The van der Waals surface area contributed by atoms with Crippen molar-refractivity contribution in [3.8, 4) is 17.2 Å². The van der Waals surface area contributed by atoms with Gasteiger partial charge in [-0.3, -0.25) is 25.1 Å². The number of carbonyl (C=O) groups is 2. The van der Waals surface area contributed by atoms with E-state index >= 15 is 0 Å². The summed E-state index contributed by atoms with van der Waals surface area (Å²) in [6.45, 7) is 0. The van der Waals surface area contributed by atoms with Crippen LogP contribution in [0.4, 0.5) is 28.9 Å². The van der Waals surface area contributed by atoms with Gasteiger partial charge in [0.2, 0.25) is 0 Å². The molecule has 1 N–H and O–H groups in total. The van der Waals surface area contributed by atoms with Gasteiger partial charge in [-0.05, 0) is 54.1 Å². The predicted molar refractivity (Wildman–Crippen MR) is 121 cm³/mol. The number of nitro benzene ring substituents is 1. The highest BCUT2D eigenvalue weighted by Crippen LogP contribution is 2.42. The first-order chi connectivity index (χ1) is 17.5. The number of non-ortho nitro benzene ring substituents is 1. The molecule has 1 aliphatic rings. The highest BCUT2D eigenvalue weighted by Gasteiger charge is 2.37. The van der Waals surface area contributed by atoms with E-state index in [1.807, 2.05) is 0 Å². The summed E-state index contributed by atoms with van der Waals surface area (Å²) in [6, 6.07) is 10.8. The minimum absolute atomic E-state index is 0.0397. The molecule has 13 heteroatoms. The van der Waals surface area contributed by atoms with Crippen molar-refractivity contribution < 1.29 is 41.5 Å². The van der Waals surface area contributed by atoms with Gasteiger partial charge in [-0.15, -0.1) is 0 Å². The van der Waals surface area contributed by atoms with Crippen molar-refractivity contribution in [2.45, 2.75) is 6.18 Å². The number of anilines is 1. The first-order valence-electron chi connectivity index (χ1n) is 10.3. The number of hydrogen-bond donors (Lipinski definition) is 1. The Kier molecular flexibility index (Phi) is 6.53. The molecule has 3 aromatic carbocycles. The number of hydrazine groups is 1. The van der Waals surface area contributed by atoms with Crippen molar-refractivity contribution in [1.82, 2.24) is 5.43 Å². The van der Waals surface area contributed by atoms with E-state index in [1.165, 1.54) is 43.5 Å². The largest absolute Gasteiger partial charge is 0.493 e. The summed E-state index contributed by atoms with van der Waals surface area (Å²) in [6.07, 6.45) is -3.70. The van der Waals surface area contributed by atoms with Crippen LogP contribution in [-0.2, 0) is 15.8 Å². The summed E-state index contributed by atoms with van der Waals surface area (Å²) in [5.41, 5.74) is 0.496. The van der Waals surface area contributed by atoms with Crippen molar-refractivity contribution >= 4 is 29.3 Å². The number of nitro groups is 1. The zero-order chi connectivity index (χ0) is 26.9. The van der Waals surface area contributed by atoms with Crippen molar-refractivity contribution in [3.05, 3.63) is 93.3 Å². The maximum absolute atomic E-state index is 13.5. The fourth-order valence-electron chi connectivity index (χ4n) is 3.41. The molecule has 0 radical (unpaired) electrons. The third-order valence-corrected chi connectivity index (χ3v) is 5.17. The van der Waals surface area contributed by atoms with Crippen LogP contribution in [0.25, 0.3) is 6.08 Å². The Morgan fingerprint density at radius 2 is 1.65 bits per heavy atom.